The number of carbonyl (C=O) groups excluding carboxylic acids is 1. The average molecular weight is 484 g/mol. The quantitative estimate of drug-likeness (QED) is 0.402. The highest BCUT2D eigenvalue weighted by Gasteiger charge is 2.22. The lowest BCUT2D eigenvalue weighted by atomic mass is 9.97. The highest BCUT2D eigenvalue weighted by Crippen LogP contribution is 2.34. The molecule has 7 heteroatoms. The molecule has 1 aliphatic rings. The van der Waals surface area contributed by atoms with Gasteiger partial charge in [-0.1, -0.05) is 42.0 Å². The molecule has 1 saturated heterocycles. The lowest BCUT2D eigenvalue weighted by Crippen LogP contribution is -2.29. The highest BCUT2D eigenvalue weighted by atomic mass is 16.5. The van der Waals surface area contributed by atoms with E-state index in [1.165, 1.54) is 0 Å². The number of nitrogens with one attached hydrogen (secondary N) is 1. The highest BCUT2D eigenvalue weighted by molar-refractivity contribution is 6.07. The number of methoxy groups -OCH3 is 1. The molecule has 1 atom stereocenters. The van der Waals surface area contributed by atoms with Gasteiger partial charge in [-0.3, -0.25) is 14.2 Å². The molecule has 0 radical (unpaired) electrons. The monoisotopic (exact) mass is 483 g/mol. The minimum atomic E-state index is -0.290. The number of rotatable bonds is 6. The van der Waals surface area contributed by atoms with Crippen molar-refractivity contribution in [2.24, 2.45) is 0 Å². The van der Waals surface area contributed by atoms with Crippen molar-refractivity contribution in [2.45, 2.75) is 32.4 Å². The summed E-state index contributed by atoms with van der Waals surface area (Å²) in [6.45, 7) is 3.11. The number of aromatic nitrogens is 1. The number of amides is 1. The number of hydrogen-bond donors (Lipinski definition) is 2. The summed E-state index contributed by atoms with van der Waals surface area (Å²) in [7, 11) is 1.55. The van der Waals surface area contributed by atoms with Gasteiger partial charge in [-0.2, -0.15) is 0 Å². The van der Waals surface area contributed by atoms with Gasteiger partial charge in [-0.05, 0) is 61.0 Å². The number of nitrogens with zero attached hydrogens (tertiary/aromatic N) is 1. The fraction of sp³-hybridized carbons (Fsp3) is 0.241. The molecule has 0 aliphatic carbocycles. The normalized spacial score (nSPS) is 15.2. The Morgan fingerprint density at radius 3 is 2.64 bits per heavy atom. The van der Waals surface area contributed by atoms with E-state index in [0.717, 1.165) is 34.9 Å². The third kappa shape index (κ3) is 4.57. The van der Waals surface area contributed by atoms with Gasteiger partial charge in [0, 0.05) is 28.8 Å². The van der Waals surface area contributed by atoms with Crippen LogP contribution >= 0.6 is 0 Å². The van der Waals surface area contributed by atoms with Crippen molar-refractivity contribution in [3.63, 3.8) is 0 Å². The van der Waals surface area contributed by atoms with Crippen molar-refractivity contribution in [3.8, 4) is 16.9 Å². The molecule has 184 valence electrons. The zero-order valence-corrected chi connectivity index (χ0v) is 20.4. The predicted molar refractivity (Wildman–Crippen MR) is 143 cm³/mol. The molecule has 0 spiro atoms. The number of hydrogen-bond acceptors (Lipinski definition) is 5. The third-order valence-corrected chi connectivity index (χ3v) is 6.65. The second-order valence-corrected chi connectivity index (χ2v) is 9.12. The van der Waals surface area contributed by atoms with Crippen LogP contribution in [0.25, 0.3) is 21.9 Å². The Kier molecular flexibility index (Phi) is 6.48. The zero-order valence-electron chi connectivity index (χ0n) is 20.4. The van der Waals surface area contributed by atoms with Gasteiger partial charge in [0.1, 0.15) is 11.6 Å². The van der Waals surface area contributed by atoms with Crippen LogP contribution in [-0.2, 0) is 11.3 Å². The summed E-state index contributed by atoms with van der Waals surface area (Å²) in [6.07, 6.45) is 1.81. The van der Waals surface area contributed by atoms with Crippen LogP contribution in [0.4, 0.5) is 11.5 Å². The maximum Gasteiger partial charge on any atom is 0.260 e. The van der Waals surface area contributed by atoms with Gasteiger partial charge in [0.25, 0.3) is 11.5 Å². The molecule has 1 unspecified atom stereocenters. The maximum absolute atomic E-state index is 13.7. The first kappa shape index (κ1) is 23.6. The van der Waals surface area contributed by atoms with Gasteiger partial charge in [0.2, 0.25) is 0 Å². The number of pyridine rings is 1. The van der Waals surface area contributed by atoms with Crippen molar-refractivity contribution < 1.29 is 14.3 Å². The van der Waals surface area contributed by atoms with Crippen molar-refractivity contribution in [1.29, 1.82) is 0 Å². The van der Waals surface area contributed by atoms with Gasteiger partial charge in [0.15, 0.2) is 0 Å². The van der Waals surface area contributed by atoms with Crippen molar-refractivity contribution in [3.05, 3.63) is 88.2 Å². The summed E-state index contributed by atoms with van der Waals surface area (Å²) in [6, 6.07) is 20.4. The predicted octanol–water partition coefficient (Wildman–Crippen LogP) is 5.00. The smallest absolute Gasteiger partial charge is 0.260 e. The number of carbonyl (C=O) groups is 1. The molecule has 2 heterocycles. The summed E-state index contributed by atoms with van der Waals surface area (Å²) in [5.41, 5.74) is 10.3. The van der Waals surface area contributed by atoms with E-state index in [1.54, 1.807) is 48.1 Å². The van der Waals surface area contributed by atoms with Gasteiger partial charge < -0.3 is 20.5 Å². The number of nitrogen functional groups attached to an aromatic ring is 1. The summed E-state index contributed by atoms with van der Waals surface area (Å²) in [5, 5.41) is 4.13. The van der Waals surface area contributed by atoms with Gasteiger partial charge in [0.05, 0.1) is 19.8 Å². The SMILES string of the molecule is COc1cccc(C(=O)Nc2ccc3c(-c4ccc(C)cc4)c(N)n(CC4CCCO4)c(=O)c3c2)c1. The van der Waals surface area contributed by atoms with E-state index in [1.807, 2.05) is 37.3 Å². The fourth-order valence-corrected chi connectivity index (χ4v) is 4.71. The molecule has 36 heavy (non-hydrogen) atoms. The Morgan fingerprint density at radius 2 is 1.92 bits per heavy atom. The van der Waals surface area contributed by atoms with Crippen molar-refractivity contribution in [1.82, 2.24) is 4.57 Å². The molecule has 1 amide bonds. The Morgan fingerprint density at radius 1 is 1.11 bits per heavy atom. The van der Waals surface area contributed by atoms with Crippen molar-refractivity contribution in [2.75, 3.05) is 24.8 Å². The standard InChI is InChI=1S/C29H29N3O4/c1-18-8-10-19(11-9-18)26-24-13-12-21(31-28(33)20-5-3-6-22(15-20)35-2)16-25(24)29(34)32(27(26)30)17-23-7-4-14-36-23/h3,5-6,8-13,15-16,23H,4,7,14,17,30H2,1-2H3,(H,31,33). The van der Waals surface area contributed by atoms with Crippen LogP contribution in [-0.4, -0.2) is 30.3 Å². The Hall–Kier alpha value is -4.10. The molecule has 5 rings (SSSR count). The first-order valence-corrected chi connectivity index (χ1v) is 12.0. The summed E-state index contributed by atoms with van der Waals surface area (Å²) in [5.74, 6) is 0.721. The lowest BCUT2D eigenvalue weighted by Gasteiger charge is -2.20. The molecule has 1 fully saturated rings. The van der Waals surface area contributed by atoms with Gasteiger partial charge >= 0.3 is 0 Å². The second-order valence-electron chi connectivity index (χ2n) is 9.12. The minimum Gasteiger partial charge on any atom is -0.497 e. The van der Waals surface area contributed by atoms with Crippen LogP contribution in [0.5, 0.6) is 5.75 Å². The molecule has 3 N–H and O–H groups in total. The molecular weight excluding hydrogens is 454 g/mol. The third-order valence-electron chi connectivity index (χ3n) is 6.65. The van der Waals surface area contributed by atoms with Crippen LogP contribution in [0, 0.1) is 6.92 Å². The van der Waals surface area contributed by atoms with Crippen LogP contribution < -0.4 is 21.3 Å². The van der Waals surface area contributed by atoms with Crippen LogP contribution in [0.3, 0.4) is 0 Å². The Bertz CT molecular complexity index is 1490. The number of anilines is 2. The van der Waals surface area contributed by atoms with Crippen LogP contribution in [0.1, 0.15) is 28.8 Å². The number of benzene rings is 3. The fourth-order valence-electron chi connectivity index (χ4n) is 4.71. The molecule has 1 aliphatic heterocycles. The summed E-state index contributed by atoms with van der Waals surface area (Å²) >= 11 is 0. The Labute approximate surface area is 209 Å². The second kappa shape index (κ2) is 9.87. The summed E-state index contributed by atoms with van der Waals surface area (Å²) < 4.78 is 12.6. The summed E-state index contributed by atoms with van der Waals surface area (Å²) in [4.78, 5) is 26.6. The molecule has 0 bridgehead atoms. The van der Waals surface area contributed by atoms with Gasteiger partial charge in [-0.15, -0.1) is 0 Å². The molecule has 7 nitrogen and oxygen atoms in total. The van der Waals surface area contributed by atoms with E-state index >= 15 is 0 Å². The topological polar surface area (TPSA) is 95.6 Å². The molecule has 1 aromatic heterocycles. The minimum absolute atomic E-state index is 0.0516. The van der Waals surface area contributed by atoms with E-state index in [4.69, 9.17) is 15.2 Å². The number of ether oxygens (including phenoxy) is 2. The molecule has 0 saturated carbocycles. The van der Waals surface area contributed by atoms with E-state index in [-0.39, 0.29) is 17.6 Å². The van der Waals surface area contributed by atoms with Crippen molar-refractivity contribution >= 4 is 28.2 Å². The average Bonchev–Trinajstić information content (AvgIpc) is 3.41. The van der Waals surface area contributed by atoms with E-state index in [2.05, 4.69) is 5.32 Å². The first-order valence-electron chi connectivity index (χ1n) is 12.0. The van der Waals surface area contributed by atoms with Crippen LogP contribution in [0.2, 0.25) is 0 Å². The van der Waals surface area contributed by atoms with Crippen LogP contribution in [0.15, 0.2) is 71.5 Å². The molecular formula is C29H29N3O4. The Balaban J connectivity index is 1.61. The maximum atomic E-state index is 13.7. The molecule has 3 aromatic carbocycles. The number of nitrogens with two attached hydrogens (primary N) is 1. The lowest BCUT2D eigenvalue weighted by molar-refractivity contribution is 0.0968. The number of aryl methyl sites for hydroxylation is 1. The van der Waals surface area contributed by atoms with Gasteiger partial charge in [-0.25, -0.2) is 0 Å². The first-order chi connectivity index (χ1) is 17.4. The number of fused-ring (bicyclic) bond motifs is 1. The molecule has 4 aromatic rings. The largest absolute Gasteiger partial charge is 0.497 e. The van der Waals surface area contributed by atoms with E-state index < -0.39 is 0 Å². The zero-order chi connectivity index (χ0) is 25.2. The van der Waals surface area contributed by atoms with E-state index in [0.29, 0.717) is 41.4 Å². The van der Waals surface area contributed by atoms with E-state index in [9.17, 15) is 9.59 Å².